The molecule has 0 aliphatic rings. The summed E-state index contributed by atoms with van der Waals surface area (Å²) in [4.78, 5) is 0.256. The number of aromatic nitrogens is 1. The lowest BCUT2D eigenvalue weighted by Gasteiger charge is -2.19. The molecule has 18 heavy (non-hydrogen) atoms. The summed E-state index contributed by atoms with van der Waals surface area (Å²) in [5.74, 6) is 0. The Labute approximate surface area is 109 Å². The molecule has 0 aromatic carbocycles. The number of aliphatic hydroxyl groups excluding tert-OH is 1. The van der Waals surface area contributed by atoms with E-state index in [0.29, 0.717) is 18.8 Å². The molecule has 1 N–H and O–H groups in total. The van der Waals surface area contributed by atoms with Gasteiger partial charge in [-0.2, -0.15) is 4.31 Å². The zero-order chi connectivity index (χ0) is 13.8. The molecule has 6 heteroatoms. The molecule has 0 bridgehead atoms. The molecular formula is C12H22N2O3S. The van der Waals surface area contributed by atoms with Gasteiger partial charge < -0.3 is 9.67 Å². The van der Waals surface area contributed by atoms with E-state index in [0.717, 1.165) is 12.8 Å². The van der Waals surface area contributed by atoms with Gasteiger partial charge in [0.05, 0.1) is 6.61 Å². The van der Waals surface area contributed by atoms with Crippen LogP contribution in [0.25, 0.3) is 0 Å². The molecule has 0 aliphatic carbocycles. The predicted octanol–water partition coefficient (Wildman–Crippen LogP) is 1.33. The first-order valence-corrected chi connectivity index (χ1v) is 7.67. The lowest BCUT2D eigenvalue weighted by atomic mass is 10.3. The molecule has 1 aromatic rings. The molecule has 0 radical (unpaired) electrons. The van der Waals surface area contributed by atoms with E-state index in [1.165, 1.54) is 10.4 Å². The van der Waals surface area contributed by atoms with Crippen molar-refractivity contribution in [3.8, 4) is 0 Å². The molecule has 0 spiro atoms. The minimum atomic E-state index is -3.43. The summed E-state index contributed by atoms with van der Waals surface area (Å²) in [6.45, 7) is 4.72. The van der Waals surface area contributed by atoms with Crippen molar-refractivity contribution in [2.24, 2.45) is 7.05 Å². The largest absolute Gasteiger partial charge is 0.390 e. The molecule has 0 saturated carbocycles. The van der Waals surface area contributed by atoms with Crippen molar-refractivity contribution in [1.82, 2.24) is 8.87 Å². The van der Waals surface area contributed by atoms with Gasteiger partial charge in [0.1, 0.15) is 4.90 Å². The maximum Gasteiger partial charge on any atom is 0.244 e. The molecule has 5 nitrogen and oxygen atoms in total. The summed E-state index contributed by atoms with van der Waals surface area (Å²) in [5.41, 5.74) is 0.597. The van der Waals surface area contributed by atoms with Crippen LogP contribution in [0.1, 0.15) is 32.4 Å². The van der Waals surface area contributed by atoms with Crippen LogP contribution in [0, 0.1) is 0 Å². The van der Waals surface area contributed by atoms with Crippen molar-refractivity contribution in [2.75, 3.05) is 13.1 Å². The number of rotatable bonds is 7. The second-order valence-corrected chi connectivity index (χ2v) is 6.22. The lowest BCUT2D eigenvalue weighted by molar-refractivity contribution is 0.272. The van der Waals surface area contributed by atoms with Crippen molar-refractivity contribution >= 4 is 10.0 Å². The van der Waals surface area contributed by atoms with Crippen LogP contribution in [0.2, 0.25) is 0 Å². The molecular weight excluding hydrogens is 252 g/mol. The topological polar surface area (TPSA) is 62.5 Å². The van der Waals surface area contributed by atoms with E-state index in [9.17, 15) is 8.42 Å². The van der Waals surface area contributed by atoms with Crippen molar-refractivity contribution in [3.63, 3.8) is 0 Å². The summed E-state index contributed by atoms with van der Waals surface area (Å²) in [5, 5.41) is 9.11. The molecule has 0 fully saturated rings. The zero-order valence-corrected chi connectivity index (χ0v) is 12.1. The van der Waals surface area contributed by atoms with Crippen LogP contribution in [0.15, 0.2) is 17.2 Å². The van der Waals surface area contributed by atoms with Gasteiger partial charge in [-0.3, -0.25) is 0 Å². The van der Waals surface area contributed by atoms with Gasteiger partial charge in [0.2, 0.25) is 10.0 Å². The van der Waals surface area contributed by atoms with Crippen LogP contribution in [0.5, 0.6) is 0 Å². The van der Waals surface area contributed by atoms with Crippen LogP contribution < -0.4 is 0 Å². The van der Waals surface area contributed by atoms with Crippen molar-refractivity contribution in [3.05, 3.63) is 18.0 Å². The van der Waals surface area contributed by atoms with Crippen molar-refractivity contribution in [2.45, 2.75) is 38.2 Å². The number of unbranched alkanes of at least 4 members (excludes halogenated alkanes) is 1. The molecule has 1 heterocycles. The van der Waals surface area contributed by atoms with Crippen LogP contribution in [-0.4, -0.2) is 35.5 Å². The third-order valence-electron chi connectivity index (χ3n) is 3.00. The number of aliphatic hydroxyl groups is 1. The summed E-state index contributed by atoms with van der Waals surface area (Å²) in [6, 6.07) is 1.53. The number of sulfonamides is 1. The molecule has 104 valence electrons. The fraction of sp³-hybridized carbons (Fsp3) is 0.667. The van der Waals surface area contributed by atoms with Gasteiger partial charge in [-0.25, -0.2) is 8.42 Å². The number of aryl methyl sites for hydroxylation is 1. The molecule has 0 saturated heterocycles. The van der Waals surface area contributed by atoms with E-state index in [2.05, 4.69) is 0 Å². The van der Waals surface area contributed by atoms with E-state index in [4.69, 9.17) is 5.11 Å². The summed E-state index contributed by atoms with van der Waals surface area (Å²) >= 11 is 0. The Morgan fingerprint density at radius 3 is 2.50 bits per heavy atom. The average Bonchev–Trinajstić information content (AvgIpc) is 2.72. The Morgan fingerprint density at radius 2 is 2.06 bits per heavy atom. The van der Waals surface area contributed by atoms with Crippen LogP contribution in [0.4, 0.5) is 0 Å². The highest BCUT2D eigenvalue weighted by Crippen LogP contribution is 2.19. The Hall–Kier alpha value is -0.850. The predicted molar refractivity (Wildman–Crippen MR) is 70.7 cm³/mol. The number of hydrogen-bond acceptors (Lipinski definition) is 3. The minimum Gasteiger partial charge on any atom is -0.390 e. The van der Waals surface area contributed by atoms with Gasteiger partial charge >= 0.3 is 0 Å². The highest BCUT2D eigenvalue weighted by Gasteiger charge is 2.24. The third kappa shape index (κ3) is 3.13. The second-order valence-electron chi connectivity index (χ2n) is 4.29. The van der Waals surface area contributed by atoms with Gasteiger partial charge in [0.25, 0.3) is 0 Å². The fourth-order valence-electron chi connectivity index (χ4n) is 1.81. The van der Waals surface area contributed by atoms with E-state index < -0.39 is 10.0 Å². The van der Waals surface area contributed by atoms with Crippen LogP contribution >= 0.6 is 0 Å². The fourth-order valence-corrected chi connectivity index (χ4v) is 3.39. The summed E-state index contributed by atoms with van der Waals surface area (Å²) in [6.07, 6.45) is 3.37. The Morgan fingerprint density at radius 1 is 1.39 bits per heavy atom. The number of hydrogen-bond donors (Lipinski definition) is 1. The molecule has 1 aromatic heterocycles. The zero-order valence-electron chi connectivity index (χ0n) is 11.3. The lowest BCUT2D eigenvalue weighted by Crippen LogP contribution is -2.31. The van der Waals surface area contributed by atoms with E-state index >= 15 is 0 Å². The highest BCUT2D eigenvalue weighted by atomic mass is 32.2. The first kappa shape index (κ1) is 15.2. The van der Waals surface area contributed by atoms with Gasteiger partial charge in [-0.1, -0.05) is 20.3 Å². The standard InChI is InChI=1S/C12H22N2O3S/c1-4-6-7-14(5-2)18(16,17)12-8-11(10-15)13(3)9-12/h8-9,15H,4-7,10H2,1-3H3. The maximum absolute atomic E-state index is 12.4. The summed E-state index contributed by atoms with van der Waals surface area (Å²) < 4.78 is 27.9. The summed E-state index contributed by atoms with van der Waals surface area (Å²) in [7, 11) is -1.70. The number of nitrogens with zero attached hydrogens (tertiary/aromatic N) is 2. The SMILES string of the molecule is CCCCN(CC)S(=O)(=O)c1cc(CO)n(C)c1. The first-order chi connectivity index (χ1) is 8.47. The van der Waals surface area contributed by atoms with Crippen LogP contribution in [-0.2, 0) is 23.7 Å². The average molecular weight is 274 g/mol. The first-order valence-electron chi connectivity index (χ1n) is 6.23. The van der Waals surface area contributed by atoms with E-state index in [1.807, 2.05) is 13.8 Å². The second kappa shape index (κ2) is 6.36. The van der Waals surface area contributed by atoms with Gasteiger partial charge in [0.15, 0.2) is 0 Å². The maximum atomic E-state index is 12.4. The third-order valence-corrected chi connectivity index (χ3v) is 4.94. The smallest absolute Gasteiger partial charge is 0.244 e. The molecule has 0 unspecified atom stereocenters. The monoisotopic (exact) mass is 274 g/mol. The Kier molecular flexibility index (Phi) is 5.37. The molecule has 0 amide bonds. The van der Waals surface area contributed by atoms with Gasteiger partial charge in [-0.05, 0) is 12.5 Å². The van der Waals surface area contributed by atoms with Crippen LogP contribution in [0.3, 0.4) is 0 Å². The van der Waals surface area contributed by atoms with Crippen molar-refractivity contribution < 1.29 is 13.5 Å². The minimum absolute atomic E-state index is 0.160. The van der Waals surface area contributed by atoms with Crippen molar-refractivity contribution in [1.29, 1.82) is 0 Å². The van der Waals surface area contributed by atoms with Gasteiger partial charge in [0, 0.05) is 32.0 Å². The molecule has 1 rings (SSSR count). The van der Waals surface area contributed by atoms with E-state index in [1.54, 1.807) is 17.8 Å². The molecule has 0 aliphatic heterocycles. The molecule has 0 atom stereocenters. The normalized spacial score (nSPS) is 12.3. The van der Waals surface area contributed by atoms with Gasteiger partial charge in [-0.15, -0.1) is 0 Å². The highest BCUT2D eigenvalue weighted by molar-refractivity contribution is 7.89. The quantitative estimate of drug-likeness (QED) is 0.816. The Balaban J connectivity index is 3.02. The van der Waals surface area contributed by atoms with E-state index in [-0.39, 0.29) is 11.5 Å². The Bertz CT molecular complexity index is 480.